The minimum atomic E-state index is -0.277. The molecule has 112 valence electrons. The van der Waals surface area contributed by atoms with Crippen LogP contribution in [0.3, 0.4) is 0 Å². The standard InChI is InChI=1S/C13H17FN6O/c1-3-21-13-17-11(19-15)16-12(18-13)20(2)8-9-6-4-5-7-10(9)14/h4-7H,3,8,15H2,1-2H3,(H,16,17,18,19). The number of aromatic nitrogens is 3. The van der Waals surface area contributed by atoms with E-state index in [1.165, 1.54) is 6.07 Å². The van der Waals surface area contributed by atoms with E-state index in [2.05, 4.69) is 20.4 Å². The summed E-state index contributed by atoms with van der Waals surface area (Å²) in [5.41, 5.74) is 2.90. The van der Waals surface area contributed by atoms with Crippen LogP contribution in [-0.2, 0) is 6.54 Å². The maximum absolute atomic E-state index is 13.7. The molecule has 0 unspecified atom stereocenters. The van der Waals surface area contributed by atoms with Crippen LogP contribution in [0.15, 0.2) is 24.3 Å². The Morgan fingerprint density at radius 3 is 2.71 bits per heavy atom. The van der Waals surface area contributed by atoms with Crippen LogP contribution in [-0.4, -0.2) is 28.6 Å². The fraction of sp³-hybridized carbons (Fsp3) is 0.308. The first-order chi connectivity index (χ1) is 10.1. The Bertz CT molecular complexity index is 609. The van der Waals surface area contributed by atoms with Crippen LogP contribution in [0.2, 0.25) is 0 Å². The molecule has 0 atom stereocenters. The van der Waals surface area contributed by atoms with Crippen molar-refractivity contribution in [2.45, 2.75) is 13.5 Å². The lowest BCUT2D eigenvalue weighted by atomic mass is 10.2. The van der Waals surface area contributed by atoms with Gasteiger partial charge in [0.05, 0.1) is 6.61 Å². The highest BCUT2D eigenvalue weighted by Crippen LogP contribution is 2.17. The van der Waals surface area contributed by atoms with E-state index in [1.807, 2.05) is 6.92 Å². The molecule has 2 rings (SSSR count). The Morgan fingerprint density at radius 1 is 1.29 bits per heavy atom. The molecule has 0 radical (unpaired) electrons. The highest BCUT2D eigenvalue weighted by molar-refractivity contribution is 5.38. The molecule has 1 heterocycles. The largest absolute Gasteiger partial charge is 0.464 e. The monoisotopic (exact) mass is 292 g/mol. The predicted molar refractivity (Wildman–Crippen MR) is 77.3 cm³/mol. The van der Waals surface area contributed by atoms with E-state index in [1.54, 1.807) is 30.1 Å². The number of benzene rings is 1. The molecule has 0 amide bonds. The van der Waals surface area contributed by atoms with Crippen molar-refractivity contribution in [1.29, 1.82) is 0 Å². The zero-order valence-corrected chi connectivity index (χ0v) is 11.9. The van der Waals surface area contributed by atoms with Crippen LogP contribution in [0, 0.1) is 5.82 Å². The van der Waals surface area contributed by atoms with Gasteiger partial charge < -0.3 is 9.64 Å². The van der Waals surface area contributed by atoms with Crippen LogP contribution < -0.4 is 20.9 Å². The second-order valence-corrected chi connectivity index (χ2v) is 4.27. The van der Waals surface area contributed by atoms with E-state index in [-0.39, 0.29) is 17.8 Å². The van der Waals surface area contributed by atoms with Gasteiger partial charge in [-0.3, -0.25) is 5.43 Å². The van der Waals surface area contributed by atoms with Gasteiger partial charge in [-0.1, -0.05) is 18.2 Å². The molecule has 0 fully saturated rings. The van der Waals surface area contributed by atoms with Crippen molar-refractivity contribution in [3.05, 3.63) is 35.6 Å². The van der Waals surface area contributed by atoms with Crippen LogP contribution in [0.4, 0.5) is 16.3 Å². The summed E-state index contributed by atoms with van der Waals surface area (Å²) in [6.07, 6.45) is 0. The van der Waals surface area contributed by atoms with E-state index < -0.39 is 0 Å². The van der Waals surface area contributed by atoms with E-state index in [9.17, 15) is 4.39 Å². The van der Waals surface area contributed by atoms with Crippen LogP contribution in [0.25, 0.3) is 0 Å². The summed E-state index contributed by atoms with van der Waals surface area (Å²) in [5, 5.41) is 0. The molecule has 0 saturated carbocycles. The SMILES string of the molecule is CCOc1nc(NN)nc(N(C)Cc2ccccc2F)n1. The predicted octanol–water partition coefficient (Wildman–Crippen LogP) is 1.33. The number of hydrogen-bond donors (Lipinski definition) is 2. The molecule has 2 aromatic rings. The van der Waals surface area contributed by atoms with Crippen molar-refractivity contribution in [2.24, 2.45) is 5.84 Å². The Balaban J connectivity index is 2.23. The molecule has 0 spiro atoms. The molecule has 0 bridgehead atoms. The number of hydrazine groups is 1. The molecule has 0 aliphatic carbocycles. The molecular formula is C13H17FN6O. The average molecular weight is 292 g/mol. The number of nitrogens with zero attached hydrogens (tertiary/aromatic N) is 4. The van der Waals surface area contributed by atoms with Gasteiger partial charge in [0, 0.05) is 19.2 Å². The first-order valence-corrected chi connectivity index (χ1v) is 6.44. The normalized spacial score (nSPS) is 10.3. The zero-order valence-electron chi connectivity index (χ0n) is 11.9. The van der Waals surface area contributed by atoms with Gasteiger partial charge in [0.25, 0.3) is 0 Å². The molecular weight excluding hydrogens is 275 g/mol. The first-order valence-electron chi connectivity index (χ1n) is 6.44. The topological polar surface area (TPSA) is 89.2 Å². The summed E-state index contributed by atoms with van der Waals surface area (Å²) in [4.78, 5) is 13.9. The molecule has 0 aliphatic heterocycles. The van der Waals surface area contributed by atoms with Crippen LogP contribution >= 0.6 is 0 Å². The van der Waals surface area contributed by atoms with Crippen molar-refractivity contribution < 1.29 is 9.13 Å². The third-order valence-corrected chi connectivity index (χ3v) is 2.71. The zero-order chi connectivity index (χ0) is 15.2. The van der Waals surface area contributed by atoms with Gasteiger partial charge in [0.15, 0.2) is 0 Å². The number of nitrogens with one attached hydrogen (secondary N) is 1. The van der Waals surface area contributed by atoms with Crippen molar-refractivity contribution in [1.82, 2.24) is 15.0 Å². The third-order valence-electron chi connectivity index (χ3n) is 2.71. The number of halogens is 1. The molecule has 7 nitrogen and oxygen atoms in total. The number of nitrogen functional groups attached to an aromatic ring is 1. The van der Waals surface area contributed by atoms with E-state index >= 15 is 0 Å². The maximum atomic E-state index is 13.7. The van der Waals surface area contributed by atoms with Gasteiger partial charge in [-0.05, 0) is 13.0 Å². The summed E-state index contributed by atoms with van der Waals surface area (Å²) in [5.74, 6) is 5.57. The average Bonchev–Trinajstić information content (AvgIpc) is 2.49. The molecule has 3 N–H and O–H groups in total. The molecule has 1 aromatic heterocycles. The Labute approximate surface area is 122 Å². The number of nitrogens with two attached hydrogens (primary N) is 1. The lowest BCUT2D eigenvalue weighted by Crippen LogP contribution is -2.22. The van der Waals surface area contributed by atoms with E-state index in [0.29, 0.717) is 24.7 Å². The lowest BCUT2D eigenvalue weighted by molar-refractivity contribution is 0.312. The van der Waals surface area contributed by atoms with Gasteiger partial charge in [0.2, 0.25) is 11.9 Å². The van der Waals surface area contributed by atoms with Crippen molar-refractivity contribution >= 4 is 11.9 Å². The Hall–Kier alpha value is -2.48. The van der Waals surface area contributed by atoms with E-state index in [0.717, 1.165) is 0 Å². The third kappa shape index (κ3) is 3.76. The maximum Gasteiger partial charge on any atom is 0.323 e. The minimum Gasteiger partial charge on any atom is -0.464 e. The van der Waals surface area contributed by atoms with Crippen LogP contribution in [0.5, 0.6) is 6.01 Å². The first kappa shape index (κ1) is 14.9. The van der Waals surface area contributed by atoms with Gasteiger partial charge in [-0.15, -0.1) is 0 Å². The number of hydrogen-bond acceptors (Lipinski definition) is 7. The van der Waals surface area contributed by atoms with Crippen molar-refractivity contribution in [3.63, 3.8) is 0 Å². The summed E-state index contributed by atoms with van der Waals surface area (Å²) in [6, 6.07) is 6.70. The van der Waals surface area contributed by atoms with Crippen LogP contribution in [0.1, 0.15) is 12.5 Å². The number of ether oxygens (including phenoxy) is 1. The molecule has 1 aromatic carbocycles. The number of rotatable bonds is 6. The highest BCUT2D eigenvalue weighted by Gasteiger charge is 2.12. The summed E-state index contributed by atoms with van der Waals surface area (Å²) in [6.45, 7) is 2.55. The Kier molecular flexibility index (Phi) is 4.83. The molecule has 8 heteroatoms. The van der Waals surface area contributed by atoms with Gasteiger partial charge in [-0.25, -0.2) is 10.2 Å². The summed E-state index contributed by atoms with van der Waals surface area (Å²) < 4.78 is 18.9. The van der Waals surface area contributed by atoms with Gasteiger partial charge in [-0.2, -0.15) is 15.0 Å². The van der Waals surface area contributed by atoms with Gasteiger partial charge in [0.1, 0.15) is 5.82 Å². The van der Waals surface area contributed by atoms with Gasteiger partial charge >= 0.3 is 6.01 Å². The van der Waals surface area contributed by atoms with Crippen molar-refractivity contribution in [3.8, 4) is 6.01 Å². The number of anilines is 2. The Morgan fingerprint density at radius 2 is 2.05 bits per heavy atom. The molecule has 0 aliphatic rings. The second-order valence-electron chi connectivity index (χ2n) is 4.27. The fourth-order valence-electron chi connectivity index (χ4n) is 1.73. The smallest absolute Gasteiger partial charge is 0.323 e. The van der Waals surface area contributed by atoms with E-state index in [4.69, 9.17) is 10.6 Å². The second kappa shape index (κ2) is 6.80. The highest BCUT2D eigenvalue weighted by atomic mass is 19.1. The quantitative estimate of drug-likeness (QED) is 0.613. The summed E-state index contributed by atoms with van der Waals surface area (Å²) >= 11 is 0. The summed E-state index contributed by atoms with van der Waals surface area (Å²) in [7, 11) is 1.75. The molecule has 0 saturated heterocycles. The molecule has 21 heavy (non-hydrogen) atoms. The minimum absolute atomic E-state index is 0.163. The lowest BCUT2D eigenvalue weighted by Gasteiger charge is -2.18. The fourth-order valence-corrected chi connectivity index (χ4v) is 1.73. The van der Waals surface area contributed by atoms with Crippen molar-refractivity contribution in [2.75, 3.05) is 24.0 Å².